The van der Waals surface area contributed by atoms with Crippen LogP contribution in [0.15, 0.2) is 24.4 Å². The highest BCUT2D eigenvalue weighted by Crippen LogP contribution is 2.21. The molecule has 2 N–H and O–H groups in total. The van der Waals surface area contributed by atoms with Crippen molar-refractivity contribution < 1.29 is 4.39 Å². The van der Waals surface area contributed by atoms with Gasteiger partial charge < -0.3 is 10.6 Å². The summed E-state index contributed by atoms with van der Waals surface area (Å²) in [6, 6.07) is 4.53. The molecule has 0 aliphatic carbocycles. The minimum Gasteiger partial charge on any atom is -0.365 e. The van der Waals surface area contributed by atoms with Crippen molar-refractivity contribution in [2.75, 3.05) is 17.2 Å². The zero-order chi connectivity index (χ0) is 14.5. The van der Waals surface area contributed by atoms with Gasteiger partial charge in [-0.05, 0) is 24.6 Å². The van der Waals surface area contributed by atoms with Crippen LogP contribution in [0.2, 0.25) is 10.0 Å². The highest BCUT2D eigenvalue weighted by atomic mass is 35.5. The minimum absolute atomic E-state index is 0.0893. The van der Waals surface area contributed by atoms with Crippen LogP contribution in [0.1, 0.15) is 12.5 Å². The Balaban J connectivity index is 2.09. The van der Waals surface area contributed by atoms with Gasteiger partial charge in [-0.25, -0.2) is 9.37 Å². The van der Waals surface area contributed by atoms with Crippen LogP contribution in [0.4, 0.5) is 16.2 Å². The molecule has 2 aromatic rings. The monoisotopic (exact) mass is 314 g/mol. The van der Waals surface area contributed by atoms with Crippen molar-refractivity contribution in [3.63, 3.8) is 0 Å². The lowest BCUT2D eigenvalue weighted by atomic mass is 10.2. The van der Waals surface area contributed by atoms with E-state index in [9.17, 15) is 4.39 Å². The van der Waals surface area contributed by atoms with E-state index in [1.807, 2.05) is 6.92 Å². The number of nitrogens with one attached hydrogen (secondary N) is 2. The highest BCUT2D eigenvalue weighted by molar-refractivity contribution is 6.32. The second kappa shape index (κ2) is 6.72. The van der Waals surface area contributed by atoms with Gasteiger partial charge in [0.25, 0.3) is 0 Å². The molecule has 1 heterocycles. The standard InChI is InChI=1S/C13H13Cl2FN4/c1-2-17-13-19-7-10(15)12(20-13)18-6-8-3-4-11(16)9(14)5-8/h3-5,7H,2,6H2,1H3,(H2,17,18,19,20). The van der Waals surface area contributed by atoms with Crippen LogP contribution in [0.25, 0.3) is 0 Å². The predicted octanol–water partition coefficient (Wildman–Crippen LogP) is 3.97. The zero-order valence-electron chi connectivity index (χ0n) is 10.8. The Morgan fingerprint density at radius 2 is 2.00 bits per heavy atom. The maximum absolute atomic E-state index is 13.1. The summed E-state index contributed by atoms with van der Waals surface area (Å²) in [5, 5.41) is 6.57. The maximum Gasteiger partial charge on any atom is 0.224 e. The number of anilines is 2. The number of benzene rings is 1. The smallest absolute Gasteiger partial charge is 0.224 e. The summed E-state index contributed by atoms with van der Waals surface area (Å²) in [6.07, 6.45) is 1.52. The van der Waals surface area contributed by atoms with Gasteiger partial charge in [0, 0.05) is 13.1 Å². The lowest BCUT2D eigenvalue weighted by molar-refractivity contribution is 0.627. The molecule has 4 nitrogen and oxygen atoms in total. The van der Waals surface area contributed by atoms with Crippen molar-refractivity contribution >= 4 is 35.0 Å². The molecule has 1 aromatic heterocycles. The van der Waals surface area contributed by atoms with Crippen LogP contribution in [-0.2, 0) is 6.54 Å². The van der Waals surface area contributed by atoms with Crippen molar-refractivity contribution in [3.05, 3.63) is 45.8 Å². The molecule has 106 valence electrons. The fourth-order valence-corrected chi connectivity index (χ4v) is 1.93. The summed E-state index contributed by atoms with van der Waals surface area (Å²) in [7, 11) is 0. The Morgan fingerprint density at radius 3 is 2.70 bits per heavy atom. The van der Waals surface area contributed by atoms with E-state index in [0.29, 0.717) is 29.9 Å². The topological polar surface area (TPSA) is 49.8 Å². The number of hydrogen-bond donors (Lipinski definition) is 2. The van der Waals surface area contributed by atoms with Crippen LogP contribution in [0.3, 0.4) is 0 Å². The first kappa shape index (κ1) is 14.8. The summed E-state index contributed by atoms with van der Waals surface area (Å²) >= 11 is 11.7. The normalized spacial score (nSPS) is 10.4. The molecule has 0 aliphatic rings. The van der Waals surface area contributed by atoms with E-state index in [1.165, 1.54) is 12.3 Å². The van der Waals surface area contributed by atoms with Crippen molar-refractivity contribution in [1.82, 2.24) is 9.97 Å². The molecule has 0 unspecified atom stereocenters. The molecule has 20 heavy (non-hydrogen) atoms. The van der Waals surface area contributed by atoms with Gasteiger partial charge in [0.2, 0.25) is 5.95 Å². The Morgan fingerprint density at radius 1 is 1.20 bits per heavy atom. The molecule has 1 aromatic carbocycles. The quantitative estimate of drug-likeness (QED) is 0.877. The third kappa shape index (κ3) is 3.71. The van der Waals surface area contributed by atoms with E-state index in [4.69, 9.17) is 23.2 Å². The lowest BCUT2D eigenvalue weighted by Crippen LogP contribution is -2.07. The van der Waals surface area contributed by atoms with Gasteiger partial charge in [0.1, 0.15) is 10.8 Å². The van der Waals surface area contributed by atoms with Gasteiger partial charge in [0.05, 0.1) is 11.2 Å². The fourth-order valence-electron chi connectivity index (χ4n) is 1.57. The molecular weight excluding hydrogens is 302 g/mol. The minimum atomic E-state index is -0.440. The van der Waals surface area contributed by atoms with Gasteiger partial charge in [-0.15, -0.1) is 0 Å². The van der Waals surface area contributed by atoms with E-state index < -0.39 is 5.82 Å². The number of halogens is 3. The lowest BCUT2D eigenvalue weighted by Gasteiger charge is -2.09. The first-order chi connectivity index (χ1) is 9.60. The van der Waals surface area contributed by atoms with Crippen molar-refractivity contribution in [2.24, 2.45) is 0 Å². The van der Waals surface area contributed by atoms with Crippen molar-refractivity contribution in [1.29, 1.82) is 0 Å². The molecule has 0 saturated carbocycles. The first-order valence-corrected chi connectivity index (χ1v) is 6.80. The molecule has 0 radical (unpaired) electrons. The van der Waals surface area contributed by atoms with Gasteiger partial charge in [-0.2, -0.15) is 4.98 Å². The van der Waals surface area contributed by atoms with Crippen LogP contribution in [0.5, 0.6) is 0 Å². The van der Waals surface area contributed by atoms with Crippen LogP contribution in [-0.4, -0.2) is 16.5 Å². The Bertz CT molecular complexity index is 607. The maximum atomic E-state index is 13.1. The third-order valence-electron chi connectivity index (χ3n) is 2.52. The van der Waals surface area contributed by atoms with Gasteiger partial charge in [-0.3, -0.25) is 0 Å². The second-order valence-corrected chi connectivity index (χ2v) is 4.84. The van der Waals surface area contributed by atoms with Crippen molar-refractivity contribution in [2.45, 2.75) is 13.5 Å². The molecule has 0 spiro atoms. The van der Waals surface area contributed by atoms with Crippen LogP contribution in [0, 0.1) is 5.82 Å². The molecule has 0 atom stereocenters. The molecule has 0 fully saturated rings. The summed E-state index contributed by atoms with van der Waals surface area (Å²) in [6.45, 7) is 3.10. The van der Waals surface area contributed by atoms with Crippen LogP contribution >= 0.6 is 23.2 Å². The van der Waals surface area contributed by atoms with Gasteiger partial charge in [0.15, 0.2) is 5.82 Å². The Hall–Kier alpha value is -1.59. The zero-order valence-corrected chi connectivity index (χ0v) is 12.3. The van der Waals surface area contributed by atoms with E-state index in [1.54, 1.807) is 12.1 Å². The highest BCUT2D eigenvalue weighted by Gasteiger charge is 2.06. The Kier molecular flexibility index (Phi) is 4.98. The Labute approximate surface area is 126 Å². The fraction of sp³-hybridized carbons (Fsp3) is 0.231. The summed E-state index contributed by atoms with van der Waals surface area (Å²) in [4.78, 5) is 8.29. The number of nitrogens with zero attached hydrogens (tertiary/aromatic N) is 2. The van der Waals surface area contributed by atoms with E-state index >= 15 is 0 Å². The summed E-state index contributed by atoms with van der Waals surface area (Å²) < 4.78 is 13.1. The molecule has 7 heteroatoms. The number of hydrogen-bond acceptors (Lipinski definition) is 4. The third-order valence-corrected chi connectivity index (χ3v) is 3.09. The number of rotatable bonds is 5. The van der Waals surface area contributed by atoms with E-state index in [0.717, 1.165) is 5.56 Å². The predicted molar refractivity (Wildman–Crippen MR) is 79.9 cm³/mol. The number of aromatic nitrogens is 2. The summed E-state index contributed by atoms with van der Waals surface area (Å²) in [5.74, 6) is 0.569. The molecular formula is C13H13Cl2FN4. The van der Waals surface area contributed by atoms with E-state index in [2.05, 4.69) is 20.6 Å². The van der Waals surface area contributed by atoms with Gasteiger partial charge in [-0.1, -0.05) is 29.3 Å². The second-order valence-electron chi connectivity index (χ2n) is 4.02. The average Bonchev–Trinajstić information content (AvgIpc) is 2.43. The summed E-state index contributed by atoms with van der Waals surface area (Å²) in [5.41, 5.74) is 0.830. The molecule has 0 aliphatic heterocycles. The van der Waals surface area contributed by atoms with E-state index in [-0.39, 0.29) is 5.02 Å². The van der Waals surface area contributed by atoms with Crippen molar-refractivity contribution in [3.8, 4) is 0 Å². The van der Waals surface area contributed by atoms with Gasteiger partial charge >= 0.3 is 0 Å². The molecule has 0 amide bonds. The molecule has 0 bridgehead atoms. The first-order valence-electron chi connectivity index (χ1n) is 6.04. The average molecular weight is 315 g/mol. The SMILES string of the molecule is CCNc1ncc(Cl)c(NCc2ccc(F)c(Cl)c2)n1. The molecule has 0 saturated heterocycles. The molecule has 2 rings (SSSR count). The largest absolute Gasteiger partial charge is 0.365 e. The van der Waals surface area contributed by atoms with Crippen LogP contribution < -0.4 is 10.6 Å².